The standard InChI is InChI=1S/C10H18N4O/c1-10(13,6-11)7-14-4-2-8(3-5-14)9(12)15/h8H,2-5,7,13H2,1H3,(H2,12,15). The van der Waals surface area contributed by atoms with Crippen LogP contribution in [0.2, 0.25) is 0 Å². The average molecular weight is 210 g/mol. The second-order valence-electron chi connectivity index (χ2n) is 4.48. The van der Waals surface area contributed by atoms with Crippen LogP contribution in [0.1, 0.15) is 19.8 Å². The number of likely N-dealkylation sites (tertiary alicyclic amines) is 1. The topological polar surface area (TPSA) is 96.1 Å². The molecule has 0 saturated carbocycles. The molecule has 0 aliphatic carbocycles. The molecule has 1 aliphatic heterocycles. The fraction of sp³-hybridized carbons (Fsp3) is 0.800. The van der Waals surface area contributed by atoms with E-state index < -0.39 is 5.54 Å². The van der Waals surface area contributed by atoms with Gasteiger partial charge in [-0.1, -0.05) is 0 Å². The number of hydrogen-bond donors (Lipinski definition) is 2. The van der Waals surface area contributed by atoms with Gasteiger partial charge in [0.25, 0.3) is 0 Å². The highest BCUT2D eigenvalue weighted by Gasteiger charge is 2.27. The summed E-state index contributed by atoms with van der Waals surface area (Å²) in [6.07, 6.45) is 1.55. The first-order valence-electron chi connectivity index (χ1n) is 5.16. The third-order valence-corrected chi connectivity index (χ3v) is 2.80. The highest BCUT2D eigenvalue weighted by Crippen LogP contribution is 2.17. The van der Waals surface area contributed by atoms with E-state index in [1.165, 1.54) is 0 Å². The van der Waals surface area contributed by atoms with Gasteiger partial charge in [0.15, 0.2) is 0 Å². The molecule has 1 saturated heterocycles. The van der Waals surface area contributed by atoms with Crippen molar-refractivity contribution in [3.63, 3.8) is 0 Å². The molecule has 15 heavy (non-hydrogen) atoms. The van der Waals surface area contributed by atoms with Crippen LogP contribution in [0, 0.1) is 17.2 Å². The number of amides is 1. The van der Waals surface area contributed by atoms with Crippen LogP contribution in [0.4, 0.5) is 0 Å². The molecule has 1 amide bonds. The molecule has 5 nitrogen and oxygen atoms in total. The molecule has 1 aliphatic rings. The minimum atomic E-state index is -0.806. The molecule has 1 heterocycles. The van der Waals surface area contributed by atoms with E-state index in [1.54, 1.807) is 6.92 Å². The van der Waals surface area contributed by atoms with Crippen molar-refractivity contribution in [3.05, 3.63) is 0 Å². The normalized spacial score (nSPS) is 23.0. The number of nitrogens with two attached hydrogens (primary N) is 2. The fourth-order valence-electron chi connectivity index (χ4n) is 1.88. The van der Waals surface area contributed by atoms with Crippen LogP contribution < -0.4 is 11.5 Å². The Labute approximate surface area is 90.0 Å². The maximum Gasteiger partial charge on any atom is 0.220 e. The number of piperidine rings is 1. The molecule has 0 bridgehead atoms. The second kappa shape index (κ2) is 4.60. The predicted octanol–water partition coefficient (Wildman–Crippen LogP) is -0.575. The third kappa shape index (κ3) is 3.50. The quantitative estimate of drug-likeness (QED) is 0.651. The van der Waals surface area contributed by atoms with Gasteiger partial charge in [0, 0.05) is 12.5 Å². The summed E-state index contributed by atoms with van der Waals surface area (Å²) >= 11 is 0. The molecule has 4 N–H and O–H groups in total. The van der Waals surface area contributed by atoms with E-state index in [0.29, 0.717) is 6.54 Å². The van der Waals surface area contributed by atoms with Crippen molar-refractivity contribution in [2.24, 2.45) is 17.4 Å². The number of nitrogens with zero attached hydrogens (tertiary/aromatic N) is 2. The zero-order valence-electron chi connectivity index (χ0n) is 9.07. The zero-order valence-corrected chi connectivity index (χ0v) is 9.07. The largest absolute Gasteiger partial charge is 0.369 e. The number of primary amides is 1. The Morgan fingerprint density at radius 3 is 2.53 bits per heavy atom. The van der Waals surface area contributed by atoms with Crippen molar-refractivity contribution in [2.75, 3.05) is 19.6 Å². The summed E-state index contributed by atoms with van der Waals surface area (Å²) < 4.78 is 0. The number of carbonyl (C=O) groups is 1. The lowest BCUT2D eigenvalue weighted by Gasteiger charge is -2.33. The minimum Gasteiger partial charge on any atom is -0.369 e. The molecule has 84 valence electrons. The van der Waals surface area contributed by atoms with Crippen molar-refractivity contribution >= 4 is 5.91 Å². The van der Waals surface area contributed by atoms with Crippen LogP contribution in [0.25, 0.3) is 0 Å². The first-order chi connectivity index (χ1) is 6.94. The van der Waals surface area contributed by atoms with E-state index in [4.69, 9.17) is 16.7 Å². The smallest absolute Gasteiger partial charge is 0.220 e. The fourth-order valence-corrected chi connectivity index (χ4v) is 1.88. The Morgan fingerprint density at radius 2 is 2.13 bits per heavy atom. The molecule has 0 aromatic heterocycles. The number of rotatable bonds is 3. The van der Waals surface area contributed by atoms with E-state index in [-0.39, 0.29) is 11.8 Å². The number of carbonyl (C=O) groups excluding carboxylic acids is 1. The van der Waals surface area contributed by atoms with E-state index in [0.717, 1.165) is 25.9 Å². The molecular formula is C10H18N4O. The minimum absolute atomic E-state index is 0.00707. The van der Waals surface area contributed by atoms with Crippen LogP contribution in [0.3, 0.4) is 0 Å². The monoisotopic (exact) mass is 210 g/mol. The van der Waals surface area contributed by atoms with Crippen LogP contribution in [0.15, 0.2) is 0 Å². The Hall–Kier alpha value is -1.12. The lowest BCUT2D eigenvalue weighted by atomic mass is 9.95. The summed E-state index contributed by atoms with van der Waals surface area (Å²) in [4.78, 5) is 13.0. The SMILES string of the molecule is CC(N)(C#N)CN1CCC(C(N)=O)CC1. The molecule has 0 aromatic carbocycles. The van der Waals surface area contributed by atoms with Gasteiger partial charge in [-0.15, -0.1) is 0 Å². The summed E-state index contributed by atoms with van der Waals surface area (Å²) in [5, 5.41) is 8.79. The first kappa shape index (κ1) is 12.0. The van der Waals surface area contributed by atoms with E-state index in [1.807, 2.05) is 0 Å². The summed E-state index contributed by atoms with van der Waals surface area (Å²) in [6, 6.07) is 2.07. The first-order valence-corrected chi connectivity index (χ1v) is 5.16. The van der Waals surface area contributed by atoms with E-state index >= 15 is 0 Å². The lowest BCUT2D eigenvalue weighted by molar-refractivity contribution is -0.123. The van der Waals surface area contributed by atoms with Crippen molar-refractivity contribution in [1.82, 2.24) is 4.90 Å². The summed E-state index contributed by atoms with van der Waals surface area (Å²) in [7, 11) is 0. The maximum absolute atomic E-state index is 10.9. The van der Waals surface area contributed by atoms with Crippen molar-refractivity contribution < 1.29 is 4.79 Å². The second-order valence-corrected chi connectivity index (χ2v) is 4.48. The molecule has 0 spiro atoms. The molecule has 5 heteroatoms. The predicted molar refractivity (Wildman–Crippen MR) is 56.6 cm³/mol. The molecule has 0 aromatic rings. The molecule has 1 rings (SSSR count). The van der Waals surface area contributed by atoms with Crippen LogP contribution in [-0.4, -0.2) is 36.0 Å². The van der Waals surface area contributed by atoms with Gasteiger partial charge >= 0.3 is 0 Å². The van der Waals surface area contributed by atoms with Gasteiger partial charge in [-0.25, -0.2) is 0 Å². The number of nitriles is 1. The van der Waals surface area contributed by atoms with Gasteiger partial charge in [-0.3, -0.25) is 4.79 Å². The van der Waals surface area contributed by atoms with Gasteiger partial charge in [-0.2, -0.15) is 5.26 Å². The Morgan fingerprint density at radius 1 is 1.60 bits per heavy atom. The number of hydrogen-bond acceptors (Lipinski definition) is 4. The molecule has 1 unspecified atom stereocenters. The van der Waals surface area contributed by atoms with Crippen molar-refractivity contribution in [3.8, 4) is 6.07 Å². The van der Waals surface area contributed by atoms with Crippen LogP contribution in [-0.2, 0) is 4.79 Å². The molecular weight excluding hydrogens is 192 g/mol. The summed E-state index contributed by atoms with van der Waals surface area (Å²) in [6.45, 7) is 3.85. The lowest BCUT2D eigenvalue weighted by Crippen LogP contribution is -2.49. The van der Waals surface area contributed by atoms with Gasteiger partial charge in [0.2, 0.25) is 5.91 Å². The molecule has 0 radical (unpaired) electrons. The highest BCUT2D eigenvalue weighted by atomic mass is 16.1. The van der Waals surface area contributed by atoms with Crippen molar-refractivity contribution in [1.29, 1.82) is 5.26 Å². The molecule has 1 fully saturated rings. The van der Waals surface area contributed by atoms with Crippen LogP contribution in [0.5, 0.6) is 0 Å². The van der Waals surface area contributed by atoms with Crippen LogP contribution >= 0.6 is 0 Å². The molecule has 1 atom stereocenters. The van der Waals surface area contributed by atoms with Gasteiger partial charge in [0.1, 0.15) is 5.54 Å². The Kier molecular flexibility index (Phi) is 3.66. The van der Waals surface area contributed by atoms with Gasteiger partial charge in [0.05, 0.1) is 6.07 Å². The Bertz CT molecular complexity index is 274. The summed E-state index contributed by atoms with van der Waals surface area (Å²) in [5.74, 6) is -0.224. The van der Waals surface area contributed by atoms with Gasteiger partial charge < -0.3 is 16.4 Å². The maximum atomic E-state index is 10.9. The zero-order chi connectivity index (χ0) is 11.5. The van der Waals surface area contributed by atoms with Crippen molar-refractivity contribution in [2.45, 2.75) is 25.3 Å². The highest BCUT2D eigenvalue weighted by molar-refractivity contribution is 5.76. The van der Waals surface area contributed by atoms with E-state index in [2.05, 4.69) is 11.0 Å². The summed E-state index contributed by atoms with van der Waals surface area (Å²) in [5.41, 5.74) is 10.2. The Balaban J connectivity index is 2.39. The van der Waals surface area contributed by atoms with Gasteiger partial charge in [-0.05, 0) is 32.9 Å². The average Bonchev–Trinajstić information content (AvgIpc) is 2.18. The van der Waals surface area contributed by atoms with E-state index in [9.17, 15) is 4.79 Å². The third-order valence-electron chi connectivity index (χ3n) is 2.80.